The summed E-state index contributed by atoms with van der Waals surface area (Å²) in [5, 5.41) is 3.57. The number of rotatable bonds is 8. The minimum Gasteiger partial charge on any atom is -0.496 e. The first kappa shape index (κ1) is 32.1. The number of benzene rings is 2. The number of amides is 3. The van der Waals surface area contributed by atoms with Gasteiger partial charge in [-0.1, -0.05) is 6.07 Å². The van der Waals surface area contributed by atoms with Gasteiger partial charge in [-0.05, 0) is 41.8 Å². The van der Waals surface area contributed by atoms with Crippen molar-refractivity contribution in [2.45, 2.75) is 32.0 Å². The molecule has 1 atom stereocenters. The Labute approximate surface area is 283 Å². The van der Waals surface area contributed by atoms with Gasteiger partial charge in [0, 0.05) is 93.4 Å². The molecule has 2 saturated heterocycles. The third-order valence-corrected chi connectivity index (χ3v) is 9.80. The van der Waals surface area contributed by atoms with Crippen LogP contribution in [-0.2, 0) is 29.7 Å². The number of nitrogens with one attached hydrogen (secondary N) is 1. The van der Waals surface area contributed by atoms with Crippen LogP contribution in [0.3, 0.4) is 0 Å². The lowest BCUT2D eigenvalue weighted by atomic mass is 9.98. The monoisotopic (exact) mass is 666 g/mol. The van der Waals surface area contributed by atoms with E-state index in [0.717, 1.165) is 59.5 Å². The Balaban J connectivity index is 1.08. The Morgan fingerprint density at radius 2 is 1.61 bits per heavy atom. The van der Waals surface area contributed by atoms with E-state index < -0.39 is 11.9 Å². The Morgan fingerprint density at radius 3 is 2.29 bits per heavy atom. The molecule has 4 aromatic rings. The van der Waals surface area contributed by atoms with Crippen molar-refractivity contribution in [3.63, 3.8) is 0 Å². The van der Waals surface area contributed by atoms with Crippen LogP contribution in [0.2, 0.25) is 0 Å². The quantitative estimate of drug-likeness (QED) is 0.280. The van der Waals surface area contributed by atoms with Gasteiger partial charge in [0.25, 0.3) is 11.5 Å². The zero-order valence-corrected chi connectivity index (χ0v) is 27.9. The van der Waals surface area contributed by atoms with Crippen LogP contribution < -0.4 is 30.0 Å². The van der Waals surface area contributed by atoms with Crippen molar-refractivity contribution in [2.75, 3.05) is 52.4 Å². The summed E-state index contributed by atoms with van der Waals surface area (Å²) in [4.78, 5) is 60.7. The van der Waals surface area contributed by atoms with Crippen molar-refractivity contribution in [3.8, 4) is 28.5 Å². The fourth-order valence-corrected chi connectivity index (χ4v) is 7.11. The van der Waals surface area contributed by atoms with E-state index in [2.05, 4.69) is 20.1 Å². The molecule has 1 N–H and O–H groups in total. The van der Waals surface area contributed by atoms with Crippen LogP contribution in [0.4, 0.5) is 5.69 Å². The summed E-state index contributed by atoms with van der Waals surface area (Å²) in [7, 11) is 6.54. The number of aryl methyl sites for hydroxylation is 1. The summed E-state index contributed by atoms with van der Waals surface area (Å²) in [6.45, 7) is 4.04. The van der Waals surface area contributed by atoms with Gasteiger partial charge in [0.1, 0.15) is 17.5 Å². The lowest BCUT2D eigenvalue weighted by Crippen LogP contribution is -2.52. The largest absolute Gasteiger partial charge is 0.496 e. The summed E-state index contributed by atoms with van der Waals surface area (Å²) in [5.74, 6) is 0.895. The second kappa shape index (κ2) is 12.9. The highest BCUT2D eigenvalue weighted by atomic mass is 16.5. The first-order valence-corrected chi connectivity index (χ1v) is 16.2. The molecule has 254 valence electrons. The topological polar surface area (TPSA) is 136 Å². The number of hydrogen-bond donors (Lipinski definition) is 1. The van der Waals surface area contributed by atoms with Gasteiger partial charge < -0.3 is 28.6 Å². The van der Waals surface area contributed by atoms with Crippen molar-refractivity contribution in [1.82, 2.24) is 24.7 Å². The summed E-state index contributed by atoms with van der Waals surface area (Å²) < 4.78 is 18.7. The number of ether oxygens (including phenoxy) is 3. The van der Waals surface area contributed by atoms with E-state index in [1.165, 1.54) is 0 Å². The van der Waals surface area contributed by atoms with Crippen LogP contribution in [0.15, 0.2) is 53.6 Å². The predicted molar refractivity (Wildman–Crippen MR) is 182 cm³/mol. The number of piperidine rings is 1. The fraction of sp³-hybridized carbons (Fsp3) is 0.361. The second-order valence-corrected chi connectivity index (χ2v) is 12.6. The molecule has 3 aliphatic heterocycles. The van der Waals surface area contributed by atoms with Crippen molar-refractivity contribution >= 4 is 34.2 Å². The number of nitrogens with zero attached hydrogens (tertiary/aromatic N) is 5. The summed E-state index contributed by atoms with van der Waals surface area (Å²) >= 11 is 0. The third kappa shape index (κ3) is 5.84. The highest BCUT2D eigenvalue weighted by Crippen LogP contribution is 2.39. The summed E-state index contributed by atoms with van der Waals surface area (Å²) in [6.07, 6.45) is 3.91. The second-order valence-electron chi connectivity index (χ2n) is 12.6. The maximum atomic E-state index is 13.4. The Morgan fingerprint density at radius 1 is 0.878 bits per heavy atom. The Bertz CT molecular complexity index is 2030. The van der Waals surface area contributed by atoms with Gasteiger partial charge in [-0.25, -0.2) is 4.98 Å². The predicted octanol–water partition coefficient (Wildman–Crippen LogP) is 2.71. The molecule has 0 aliphatic carbocycles. The van der Waals surface area contributed by atoms with Crippen LogP contribution >= 0.6 is 0 Å². The van der Waals surface area contributed by atoms with E-state index in [4.69, 9.17) is 14.2 Å². The average molecular weight is 667 g/mol. The molecule has 0 radical (unpaired) electrons. The van der Waals surface area contributed by atoms with Gasteiger partial charge in [0.05, 0.1) is 32.3 Å². The molecule has 3 aliphatic rings. The van der Waals surface area contributed by atoms with E-state index in [-0.39, 0.29) is 23.8 Å². The minimum absolute atomic E-state index is 0.149. The molecule has 0 bridgehead atoms. The van der Waals surface area contributed by atoms with E-state index in [0.29, 0.717) is 47.8 Å². The zero-order valence-electron chi connectivity index (χ0n) is 27.9. The van der Waals surface area contributed by atoms with Crippen LogP contribution in [0.1, 0.15) is 34.3 Å². The van der Waals surface area contributed by atoms with Gasteiger partial charge in [-0.2, -0.15) is 0 Å². The highest BCUT2D eigenvalue weighted by molar-refractivity contribution is 6.05. The van der Waals surface area contributed by atoms with E-state index in [9.17, 15) is 19.2 Å². The number of methoxy groups -OCH3 is 3. The standard InChI is InChI=1S/C36H38N6O7/c1-39-19-27(25-16-33(49-4)37-17-26(25)35(39)45)22-13-30(47-2)28(31(14-22)48-3)20-40-9-11-41(12-10-40)23-6-5-21-18-42(36(46)24(21)15-23)29-7-8-32(43)38-34(29)44/h5-6,13-17,19,29H,7-12,18,20H2,1-4H3,(H,38,43,44). The van der Waals surface area contributed by atoms with Crippen molar-refractivity contribution in [3.05, 3.63) is 75.8 Å². The molecule has 0 saturated carbocycles. The number of carbonyl (C=O) groups excluding carboxylic acids is 3. The number of imide groups is 1. The van der Waals surface area contributed by atoms with Crippen molar-refractivity contribution < 1.29 is 28.6 Å². The van der Waals surface area contributed by atoms with E-state index >= 15 is 0 Å². The maximum Gasteiger partial charge on any atom is 0.259 e. The number of fused-ring (bicyclic) bond motifs is 2. The Kier molecular flexibility index (Phi) is 8.45. The highest BCUT2D eigenvalue weighted by Gasteiger charge is 2.39. The van der Waals surface area contributed by atoms with Crippen LogP contribution in [0, 0.1) is 0 Å². The molecule has 2 aromatic carbocycles. The number of piperazine rings is 1. The molecule has 3 amide bonds. The zero-order chi connectivity index (χ0) is 34.4. The van der Waals surface area contributed by atoms with Crippen LogP contribution in [0.5, 0.6) is 17.4 Å². The first-order chi connectivity index (χ1) is 23.7. The SMILES string of the molecule is COc1cc2c(-c3cc(OC)c(CN4CCN(c5ccc6c(c5)C(=O)N(C5CCC(=O)NC5=O)C6)CC4)c(OC)c3)cn(C)c(=O)c2cn1. The third-order valence-electron chi connectivity index (χ3n) is 9.80. The van der Waals surface area contributed by atoms with Gasteiger partial charge in [0.2, 0.25) is 17.7 Å². The molecule has 0 spiro atoms. The normalized spacial score (nSPS) is 18.1. The number of hydrogen-bond acceptors (Lipinski definition) is 10. The molecule has 49 heavy (non-hydrogen) atoms. The van der Waals surface area contributed by atoms with Crippen LogP contribution in [0.25, 0.3) is 21.9 Å². The number of anilines is 1. The maximum absolute atomic E-state index is 13.4. The van der Waals surface area contributed by atoms with Gasteiger partial charge in [0.15, 0.2) is 0 Å². The smallest absolute Gasteiger partial charge is 0.259 e. The van der Waals surface area contributed by atoms with Gasteiger partial charge in [-0.15, -0.1) is 0 Å². The fourth-order valence-electron chi connectivity index (χ4n) is 7.11. The van der Waals surface area contributed by atoms with E-state index in [1.54, 1.807) is 56.3 Å². The van der Waals surface area contributed by atoms with Gasteiger partial charge in [-0.3, -0.25) is 29.4 Å². The Hall–Kier alpha value is -5.43. The summed E-state index contributed by atoms with van der Waals surface area (Å²) in [5.41, 5.74) is 4.90. The molecule has 1 unspecified atom stereocenters. The summed E-state index contributed by atoms with van der Waals surface area (Å²) in [6, 6.07) is 11.0. The molecule has 2 fully saturated rings. The van der Waals surface area contributed by atoms with Gasteiger partial charge >= 0.3 is 0 Å². The molecule has 13 nitrogen and oxygen atoms in total. The lowest BCUT2D eigenvalue weighted by Gasteiger charge is -2.36. The lowest BCUT2D eigenvalue weighted by molar-refractivity contribution is -0.136. The number of aromatic nitrogens is 2. The first-order valence-electron chi connectivity index (χ1n) is 16.2. The number of pyridine rings is 2. The molecular formula is C36H38N6O7. The molecular weight excluding hydrogens is 628 g/mol. The van der Waals surface area contributed by atoms with Crippen LogP contribution in [-0.4, -0.2) is 90.6 Å². The molecule has 13 heteroatoms. The molecule has 5 heterocycles. The minimum atomic E-state index is -0.630. The van der Waals surface area contributed by atoms with Crippen molar-refractivity contribution in [2.24, 2.45) is 7.05 Å². The van der Waals surface area contributed by atoms with Crippen molar-refractivity contribution in [1.29, 1.82) is 0 Å². The van der Waals surface area contributed by atoms with E-state index in [1.807, 2.05) is 30.3 Å². The molecule has 7 rings (SSSR count). The number of carbonyl (C=O) groups is 3. The molecule has 2 aromatic heterocycles. The average Bonchev–Trinajstić information content (AvgIpc) is 3.44.